The van der Waals surface area contributed by atoms with Gasteiger partial charge in [-0.3, -0.25) is 9.69 Å². The predicted octanol–water partition coefficient (Wildman–Crippen LogP) is 1.85. The third kappa shape index (κ3) is 3.85. The van der Waals surface area contributed by atoms with E-state index in [2.05, 4.69) is 0 Å². The fraction of sp³-hybridized carbons (Fsp3) is 0.500. The molecule has 3 N–H and O–H groups in total. The van der Waals surface area contributed by atoms with Crippen LogP contribution in [-0.4, -0.2) is 41.1 Å². The zero-order valence-electron chi connectivity index (χ0n) is 11.1. The van der Waals surface area contributed by atoms with Crippen LogP contribution in [0.25, 0.3) is 0 Å². The molecule has 1 aliphatic heterocycles. The number of amides is 1. The number of carbonyl (C=O) groups excluding carboxylic acids is 1. The van der Waals surface area contributed by atoms with Crippen LogP contribution in [0.4, 0.5) is 0 Å². The summed E-state index contributed by atoms with van der Waals surface area (Å²) in [6.45, 7) is 1.87. The Morgan fingerprint density at radius 1 is 1.35 bits per heavy atom. The summed E-state index contributed by atoms with van der Waals surface area (Å²) in [5, 5.41) is 11.4. The molecule has 0 saturated carbocycles. The Bertz CT molecular complexity index is 490. The first-order valence-corrected chi connectivity index (χ1v) is 7.34. The number of nitrogens with two attached hydrogens (primary N) is 1. The van der Waals surface area contributed by atoms with Gasteiger partial charge in [0, 0.05) is 23.1 Å². The van der Waals surface area contributed by atoms with Gasteiger partial charge in [0.15, 0.2) is 5.60 Å². The van der Waals surface area contributed by atoms with Gasteiger partial charge in [-0.2, -0.15) is 0 Å². The van der Waals surface area contributed by atoms with Crippen LogP contribution >= 0.6 is 23.2 Å². The number of nitrogens with zero attached hydrogens (tertiary/aromatic N) is 1. The molecule has 20 heavy (non-hydrogen) atoms. The number of benzene rings is 1. The second-order valence-electron chi connectivity index (χ2n) is 5.30. The maximum atomic E-state index is 11.3. The van der Waals surface area contributed by atoms with E-state index in [0.29, 0.717) is 16.5 Å². The van der Waals surface area contributed by atoms with Gasteiger partial charge in [0.2, 0.25) is 0 Å². The van der Waals surface area contributed by atoms with E-state index in [1.165, 1.54) is 0 Å². The van der Waals surface area contributed by atoms with Gasteiger partial charge in [-0.25, -0.2) is 0 Å². The number of aliphatic hydroxyl groups is 1. The monoisotopic (exact) mass is 316 g/mol. The SMILES string of the molecule is NC(=O)[C@@]1(O)CCCN(CCc2cc(Cl)cc(Cl)c2)C1. The van der Waals surface area contributed by atoms with E-state index in [1.54, 1.807) is 6.07 Å². The van der Waals surface area contributed by atoms with Crippen LogP contribution in [-0.2, 0) is 11.2 Å². The number of hydrogen-bond donors (Lipinski definition) is 2. The lowest BCUT2D eigenvalue weighted by molar-refractivity contribution is -0.142. The number of carbonyl (C=O) groups is 1. The van der Waals surface area contributed by atoms with Gasteiger partial charge in [0.25, 0.3) is 5.91 Å². The topological polar surface area (TPSA) is 66.6 Å². The van der Waals surface area contributed by atoms with Crippen LogP contribution in [0.3, 0.4) is 0 Å². The molecule has 0 bridgehead atoms. The Hall–Kier alpha value is -0.810. The molecular formula is C14H18Cl2N2O2. The highest BCUT2D eigenvalue weighted by Crippen LogP contribution is 2.22. The number of β-amino-alcohol motifs (C(OH)–C–C–N with tert-alkyl or cyclic N) is 1. The summed E-state index contributed by atoms with van der Waals surface area (Å²) in [6.07, 6.45) is 1.95. The Morgan fingerprint density at radius 3 is 2.60 bits per heavy atom. The summed E-state index contributed by atoms with van der Waals surface area (Å²) >= 11 is 11.9. The Kier molecular flexibility index (Phi) is 4.91. The highest BCUT2D eigenvalue weighted by atomic mass is 35.5. The van der Waals surface area contributed by atoms with Crippen molar-refractivity contribution in [1.82, 2.24) is 4.90 Å². The highest BCUT2D eigenvalue weighted by Gasteiger charge is 2.38. The van der Waals surface area contributed by atoms with Crippen molar-refractivity contribution in [1.29, 1.82) is 0 Å². The summed E-state index contributed by atoms with van der Waals surface area (Å²) in [5.74, 6) is -0.645. The van der Waals surface area contributed by atoms with Gasteiger partial charge in [-0.15, -0.1) is 0 Å². The lowest BCUT2D eigenvalue weighted by atomic mass is 9.92. The smallest absolute Gasteiger partial charge is 0.250 e. The molecule has 1 heterocycles. The largest absolute Gasteiger partial charge is 0.379 e. The first-order valence-electron chi connectivity index (χ1n) is 6.59. The first kappa shape index (κ1) is 15.6. The third-order valence-electron chi connectivity index (χ3n) is 3.65. The minimum atomic E-state index is -1.40. The molecule has 0 aliphatic carbocycles. The standard InChI is InChI=1S/C14H18Cl2N2O2/c15-11-6-10(7-12(16)8-11)2-5-18-4-1-3-14(20,9-18)13(17)19/h6-8,20H,1-5,9H2,(H2,17,19)/t14-/m1/s1. The Labute approximate surface area is 128 Å². The van der Waals surface area contributed by atoms with Crippen molar-refractivity contribution < 1.29 is 9.90 Å². The van der Waals surface area contributed by atoms with E-state index >= 15 is 0 Å². The van der Waals surface area contributed by atoms with E-state index in [4.69, 9.17) is 28.9 Å². The number of rotatable bonds is 4. The molecule has 0 spiro atoms. The van der Waals surface area contributed by atoms with E-state index in [0.717, 1.165) is 31.5 Å². The molecule has 1 amide bonds. The van der Waals surface area contributed by atoms with Crippen molar-refractivity contribution in [2.75, 3.05) is 19.6 Å². The highest BCUT2D eigenvalue weighted by molar-refractivity contribution is 6.34. The second-order valence-corrected chi connectivity index (χ2v) is 6.18. The van der Waals surface area contributed by atoms with Crippen molar-refractivity contribution in [3.05, 3.63) is 33.8 Å². The van der Waals surface area contributed by atoms with Gasteiger partial charge in [-0.05, 0) is 49.6 Å². The van der Waals surface area contributed by atoms with Crippen LogP contribution < -0.4 is 5.73 Å². The average Bonchev–Trinajstić information content (AvgIpc) is 2.35. The van der Waals surface area contributed by atoms with Crippen LogP contribution in [0, 0.1) is 0 Å². The fourth-order valence-corrected chi connectivity index (χ4v) is 3.13. The molecule has 1 aliphatic rings. The molecule has 6 heteroatoms. The molecule has 1 aromatic carbocycles. The van der Waals surface area contributed by atoms with Crippen LogP contribution in [0.2, 0.25) is 10.0 Å². The van der Waals surface area contributed by atoms with Crippen molar-refractivity contribution in [3.63, 3.8) is 0 Å². The predicted molar refractivity (Wildman–Crippen MR) is 80.0 cm³/mol. The van der Waals surface area contributed by atoms with E-state index in [9.17, 15) is 9.90 Å². The fourth-order valence-electron chi connectivity index (χ4n) is 2.56. The molecule has 110 valence electrons. The van der Waals surface area contributed by atoms with Gasteiger partial charge in [0.1, 0.15) is 0 Å². The normalized spacial score (nSPS) is 23.8. The molecule has 1 saturated heterocycles. The molecule has 2 rings (SSSR count). The molecule has 0 aromatic heterocycles. The van der Waals surface area contributed by atoms with Crippen molar-refractivity contribution in [2.45, 2.75) is 24.9 Å². The number of hydrogen-bond acceptors (Lipinski definition) is 3. The van der Waals surface area contributed by atoms with Crippen LogP contribution in [0.5, 0.6) is 0 Å². The summed E-state index contributed by atoms with van der Waals surface area (Å²) < 4.78 is 0. The number of likely N-dealkylation sites (tertiary alicyclic amines) is 1. The second kappa shape index (κ2) is 6.31. The summed E-state index contributed by atoms with van der Waals surface area (Å²) in [5.41, 5.74) is 4.90. The van der Waals surface area contributed by atoms with E-state index < -0.39 is 11.5 Å². The maximum absolute atomic E-state index is 11.3. The van der Waals surface area contributed by atoms with Gasteiger partial charge in [-0.1, -0.05) is 23.2 Å². The molecular weight excluding hydrogens is 299 g/mol. The Balaban J connectivity index is 1.95. The lowest BCUT2D eigenvalue weighted by Gasteiger charge is -2.37. The van der Waals surface area contributed by atoms with Gasteiger partial charge >= 0.3 is 0 Å². The summed E-state index contributed by atoms with van der Waals surface area (Å²) in [7, 11) is 0. The Morgan fingerprint density at radius 2 is 2.00 bits per heavy atom. The third-order valence-corrected chi connectivity index (χ3v) is 4.08. The summed E-state index contributed by atoms with van der Waals surface area (Å²) in [6, 6.07) is 5.44. The summed E-state index contributed by atoms with van der Waals surface area (Å²) in [4.78, 5) is 13.3. The minimum absolute atomic E-state index is 0.288. The van der Waals surface area contributed by atoms with Crippen LogP contribution in [0.1, 0.15) is 18.4 Å². The number of halogens is 2. The van der Waals surface area contributed by atoms with Crippen LogP contribution in [0.15, 0.2) is 18.2 Å². The number of piperidine rings is 1. The molecule has 4 nitrogen and oxygen atoms in total. The minimum Gasteiger partial charge on any atom is -0.379 e. The molecule has 0 radical (unpaired) electrons. The van der Waals surface area contributed by atoms with Crippen molar-refractivity contribution >= 4 is 29.1 Å². The van der Waals surface area contributed by atoms with E-state index in [1.807, 2.05) is 17.0 Å². The average molecular weight is 317 g/mol. The van der Waals surface area contributed by atoms with E-state index in [-0.39, 0.29) is 6.54 Å². The molecule has 1 aromatic rings. The van der Waals surface area contributed by atoms with Gasteiger partial charge < -0.3 is 10.8 Å². The zero-order valence-corrected chi connectivity index (χ0v) is 12.6. The molecule has 1 atom stereocenters. The first-order chi connectivity index (χ1) is 9.39. The number of primary amides is 1. The molecule has 1 fully saturated rings. The quantitative estimate of drug-likeness (QED) is 0.890. The van der Waals surface area contributed by atoms with Gasteiger partial charge in [0.05, 0.1) is 0 Å². The van der Waals surface area contributed by atoms with Crippen molar-refractivity contribution in [3.8, 4) is 0 Å². The van der Waals surface area contributed by atoms with Crippen molar-refractivity contribution in [2.24, 2.45) is 5.73 Å². The zero-order chi connectivity index (χ0) is 14.8. The molecule has 0 unspecified atom stereocenters. The lowest BCUT2D eigenvalue weighted by Crippen LogP contribution is -2.56. The maximum Gasteiger partial charge on any atom is 0.250 e.